The molecule has 0 aliphatic heterocycles. The van der Waals surface area contributed by atoms with Crippen molar-refractivity contribution in [2.75, 3.05) is 9.80 Å². The maximum Gasteiger partial charge on any atom is 0.0713 e. The lowest BCUT2D eigenvalue weighted by atomic mass is 9.68. The molecular weight excluding hydrogens is 785 g/mol. The first-order valence-corrected chi connectivity index (χ1v) is 22.4. The monoisotopic (exact) mass is 828 g/mol. The summed E-state index contributed by atoms with van der Waals surface area (Å²) in [6.07, 6.45) is 0. The molecule has 12 rings (SSSR count). The van der Waals surface area contributed by atoms with Crippen molar-refractivity contribution in [1.82, 2.24) is 0 Å². The third-order valence-corrected chi connectivity index (χ3v) is 13.3. The van der Waals surface area contributed by atoms with Gasteiger partial charge in [-0.3, -0.25) is 0 Å². The summed E-state index contributed by atoms with van der Waals surface area (Å²) in [4.78, 5) is 4.74. The Labute approximate surface area is 380 Å². The number of anilines is 6. The second kappa shape index (κ2) is 16.0. The Balaban J connectivity index is 1.01. The highest BCUT2D eigenvalue weighted by atomic mass is 15.1. The van der Waals surface area contributed by atoms with Crippen LogP contribution in [0.2, 0.25) is 0 Å². The first-order valence-electron chi connectivity index (χ1n) is 22.4. The summed E-state index contributed by atoms with van der Waals surface area (Å²) in [5.41, 5.74) is 16.3. The van der Waals surface area contributed by atoms with Gasteiger partial charge in [0.15, 0.2) is 0 Å². The van der Waals surface area contributed by atoms with E-state index in [0.29, 0.717) is 0 Å². The summed E-state index contributed by atoms with van der Waals surface area (Å²) >= 11 is 0. The van der Waals surface area contributed by atoms with Crippen molar-refractivity contribution in [1.29, 1.82) is 0 Å². The molecule has 11 aromatic carbocycles. The van der Waals surface area contributed by atoms with E-state index in [2.05, 4.69) is 277 Å². The average Bonchev–Trinajstić information content (AvgIpc) is 3.68. The first kappa shape index (κ1) is 38.2. The van der Waals surface area contributed by atoms with Gasteiger partial charge >= 0.3 is 0 Å². The maximum absolute atomic E-state index is 2.42. The SMILES string of the molecule is c1ccc(N(c2ccccc2)c2ccc(-c3cccc4ccc5ccc(N(c6ccccc6)c6ccc7c(c6)-c6ccccc6C7(c6ccccc6)c6ccccc6)cc5c34)cc2)cc1. The van der Waals surface area contributed by atoms with Gasteiger partial charge in [0.1, 0.15) is 0 Å². The summed E-state index contributed by atoms with van der Waals surface area (Å²) in [6.45, 7) is 0. The molecule has 1 aliphatic carbocycles. The van der Waals surface area contributed by atoms with Gasteiger partial charge in [0.05, 0.1) is 5.41 Å². The van der Waals surface area contributed by atoms with E-state index in [-0.39, 0.29) is 0 Å². The Bertz CT molecular complexity index is 3380. The van der Waals surface area contributed by atoms with Crippen molar-refractivity contribution in [2.24, 2.45) is 0 Å². The van der Waals surface area contributed by atoms with Crippen molar-refractivity contribution in [3.63, 3.8) is 0 Å². The van der Waals surface area contributed by atoms with Crippen molar-refractivity contribution in [3.05, 3.63) is 289 Å². The Morgan fingerprint density at radius 2 is 0.692 bits per heavy atom. The molecule has 0 amide bonds. The zero-order chi connectivity index (χ0) is 43.2. The van der Waals surface area contributed by atoms with E-state index < -0.39 is 5.41 Å². The number of hydrogen-bond donors (Lipinski definition) is 0. The smallest absolute Gasteiger partial charge is 0.0713 e. The molecule has 0 fully saturated rings. The Kier molecular flexibility index (Phi) is 9.43. The second-order valence-corrected chi connectivity index (χ2v) is 16.9. The molecule has 11 aromatic rings. The van der Waals surface area contributed by atoms with Gasteiger partial charge in [0, 0.05) is 34.1 Å². The van der Waals surface area contributed by atoms with Crippen LogP contribution in [-0.2, 0) is 5.41 Å². The molecule has 306 valence electrons. The molecule has 0 spiro atoms. The standard InChI is InChI=1S/C63H44N2/c1-6-20-48(21-7-1)63(49-22-8-2-9-23-49)60-32-17-16-30-57(60)59-44-55(41-42-61(59)63)65(52-28-14-5-15-29-52)54-40-37-46-33-34-47-19-18-31-56(62(47)58(46)43-54)45-35-38-53(39-36-45)64(50-24-10-3-11-25-50)51-26-12-4-13-27-51/h1-44H. The number of fused-ring (bicyclic) bond motifs is 6. The number of benzene rings is 11. The van der Waals surface area contributed by atoms with Crippen LogP contribution in [0, 0.1) is 0 Å². The van der Waals surface area contributed by atoms with Crippen molar-refractivity contribution in [3.8, 4) is 22.3 Å². The fraction of sp³-hybridized carbons (Fsp3) is 0.0159. The quantitative estimate of drug-likeness (QED) is 0.134. The van der Waals surface area contributed by atoms with Gasteiger partial charge in [-0.2, -0.15) is 0 Å². The van der Waals surface area contributed by atoms with Crippen LogP contribution in [-0.4, -0.2) is 0 Å². The number of hydrogen-bond acceptors (Lipinski definition) is 2. The van der Waals surface area contributed by atoms with Crippen molar-refractivity contribution in [2.45, 2.75) is 5.41 Å². The van der Waals surface area contributed by atoms with Crippen LogP contribution < -0.4 is 9.80 Å². The maximum atomic E-state index is 2.42. The molecule has 0 aromatic heterocycles. The molecule has 0 N–H and O–H groups in total. The third kappa shape index (κ3) is 6.41. The molecule has 2 heteroatoms. The summed E-state index contributed by atoms with van der Waals surface area (Å²) in [5.74, 6) is 0. The molecule has 2 nitrogen and oxygen atoms in total. The Morgan fingerprint density at radius 3 is 1.31 bits per heavy atom. The zero-order valence-corrected chi connectivity index (χ0v) is 35.8. The van der Waals surface area contributed by atoms with Crippen molar-refractivity contribution < 1.29 is 0 Å². The summed E-state index contributed by atoms with van der Waals surface area (Å²) < 4.78 is 0. The highest BCUT2D eigenvalue weighted by molar-refractivity contribution is 6.15. The van der Waals surface area contributed by atoms with Gasteiger partial charge in [-0.15, -0.1) is 0 Å². The molecule has 1 aliphatic rings. The predicted octanol–water partition coefficient (Wildman–Crippen LogP) is 17.0. The largest absolute Gasteiger partial charge is 0.311 e. The average molecular weight is 829 g/mol. The number of nitrogens with zero attached hydrogens (tertiary/aromatic N) is 2. The normalized spacial score (nSPS) is 12.4. The van der Waals surface area contributed by atoms with E-state index in [9.17, 15) is 0 Å². The van der Waals surface area contributed by atoms with Gasteiger partial charge in [-0.25, -0.2) is 0 Å². The molecule has 0 radical (unpaired) electrons. The topological polar surface area (TPSA) is 6.48 Å². The highest BCUT2D eigenvalue weighted by Gasteiger charge is 2.46. The van der Waals surface area contributed by atoms with Crippen LogP contribution in [0.15, 0.2) is 267 Å². The van der Waals surface area contributed by atoms with Crippen molar-refractivity contribution >= 4 is 55.7 Å². The molecule has 65 heavy (non-hydrogen) atoms. The van der Waals surface area contributed by atoms with Crippen LogP contribution in [0.5, 0.6) is 0 Å². The van der Waals surface area contributed by atoms with Crippen LogP contribution in [0.4, 0.5) is 34.1 Å². The number of rotatable bonds is 9. The highest BCUT2D eigenvalue weighted by Crippen LogP contribution is 2.57. The lowest BCUT2D eigenvalue weighted by molar-refractivity contribution is 0.768. The Hall–Kier alpha value is -8.46. The van der Waals surface area contributed by atoms with Gasteiger partial charge < -0.3 is 9.80 Å². The van der Waals surface area contributed by atoms with E-state index in [0.717, 1.165) is 34.1 Å². The Morgan fingerprint density at radius 1 is 0.262 bits per heavy atom. The third-order valence-electron chi connectivity index (χ3n) is 13.3. The van der Waals surface area contributed by atoms with E-state index >= 15 is 0 Å². The summed E-state index contributed by atoms with van der Waals surface area (Å²) in [6, 6.07) is 97.4. The van der Waals surface area contributed by atoms with E-state index in [1.165, 1.54) is 66.1 Å². The lowest BCUT2D eigenvalue weighted by Crippen LogP contribution is -2.28. The molecule has 0 bridgehead atoms. The molecule has 0 unspecified atom stereocenters. The first-order chi connectivity index (χ1) is 32.3. The lowest BCUT2D eigenvalue weighted by Gasteiger charge is -2.34. The van der Waals surface area contributed by atoms with E-state index in [1.807, 2.05) is 0 Å². The fourth-order valence-electron chi connectivity index (χ4n) is 10.5. The van der Waals surface area contributed by atoms with Crippen LogP contribution in [0.3, 0.4) is 0 Å². The molecular formula is C63H44N2. The molecule has 0 saturated heterocycles. The zero-order valence-electron chi connectivity index (χ0n) is 35.8. The summed E-state index contributed by atoms with van der Waals surface area (Å²) in [7, 11) is 0. The second-order valence-electron chi connectivity index (χ2n) is 16.9. The fourth-order valence-corrected chi connectivity index (χ4v) is 10.5. The van der Waals surface area contributed by atoms with Crippen LogP contribution in [0.25, 0.3) is 43.8 Å². The van der Waals surface area contributed by atoms with Gasteiger partial charge in [-0.05, 0) is 139 Å². The molecule has 0 saturated carbocycles. The minimum atomic E-state index is -0.456. The van der Waals surface area contributed by atoms with Gasteiger partial charge in [0.2, 0.25) is 0 Å². The molecule has 0 heterocycles. The number of para-hydroxylation sites is 3. The molecule has 0 atom stereocenters. The van der Waals surface area contributed by atoms with E-state index in [1.54, 1.807) is 0 Å². The van der Waals surface area contributed by atoms with Crippen LogP contribution >= 0.6 is 0 Å². The summed E-state index contributed by atoms with van der Waals surface area (Å²) in [5, 5.41) is 4.88. The van der Waals surface area contributed by atoms with Gasteiger partial charge in [-0.1, -0.05) is 194 Å². The van der Waals surface area contributed by atoms with Gasteiger partial charge in [0.25, 0.3) is 0 Å². The minimum absolute atomic E-state index is 0.456. The predicted molar refractivity (Wildman–Crippen MR) is 274 cm³/mol. The minimum Gasteiger partial charge on any atom is -0.311 e. The van der Waals surface area contributed by atoms with E-state index in [4.69, 9.17) is 0 Å². The van der Waals surface area contributed by atoms with Crippen LogP contribution in [0.1, 0.15) is 22.3 Å².